The highest BCUT2D eigenvalue weighted by Gasteiger charge is 2.31. The summed E-state index contributed by atoms with van der Waals surface area (Å²) < 4.78 is 27.8. The molecular formula is C23H24N4O5S. The maximum absolute atomic E-state index is 13.2. The number of aromatic amines is 1. The molecule has 3 aromatic rings. The molecule has 2 aliphatic rings. The average Bonchev–Trinajstić information content (AvgIpc) is 3.26. The van der Waals surface area contributed by atoms with Gasteiger partial charge in [-0.3, -0.25) is 14.9 Å². The average molecular weight is 469 g/mol. The first-order valence-corrected chi connectivity index (χ1v) is 12.5. The number of aryl methyl sites for hydroxylation is 2. The molecular weight excluding hydrogens is 444 g/mol. The molecule has 0 bridgehead atoms. The first kappa shape index (κ1) is 21.6. The van der Waals surface area contributed by atoms with Crippen molar-refractivity contribution in [2.24, 2.45) is 0 Å². The van der Waals surface area contributed by atoms with Crippen LogP contribution in [0, 0.1) is 10.1 Å². The molecule has 5 rings (SSSR count). The van der Waals surface area contributed by atoms with Crippen LogP contribution in [0.25, 0.3) is 10.9 Å². The maximum atomic E-state index is 13.2. The lowest BCUT2D eigenvalue weighted by atomic mass is 9.92. The van der Waals surface area contributed by atoms with Crippen LogP contribution in [0.2, 0.25) is 0 Å². The lowest BCUT2D eigenvalue weighted by Gasteiger charge is -2.34. The highest BCUT2D eigenvalue weighted by molar-refractivity contribution is 7.89. The largest absolute Gasteiger partial charge is 0.360 e. The Morgan fingerprint density at radius 3 is 2.42 bits per heavy atom. The summed E-state index contributed by atoms with van der Waals surface area (Å²) in [6.07, 6.45) is 5.66. The summed E-state index contributed by atoms with van der Waals surface area (Å²) in [6.45, 7) is 0.913. The molecule has 0 spiro atoms. The van der Waals surface area contributed by atoms with Gasteiger partial charge in [-0.25, -0.2) is 8.42 Å². The molecule has 9 nitrogen and oxygen atoms in total. The van der Waals surface area contributed by atoms with Crippen LogP contribution >= 0.6 is 0 Å². The standard InChI is InChI=1S/C23H24N4O5S/c28-23(21-15-24-22-8-6-18(27(29)30)14-20(21)22)25-9-11-26(12-10-25)33(31,32)19-7-5-16-3-1-2-4-17(16)13-19/h5-8,13-15,24H,1-4,9-12H2. The van der Waals surface area contributed by atoms with Crippen LogP contribution in [0.3, 0.4) is 0 Å². The minimum atomic E-state index is -3.63. The summed E-state index contributed by atoms with van der Waals surface area (Å²) in [7, 11) is -3.63. The molecule has 1 aliphatic carbocycles. The zero-order valence-electron chi connectivity index (χ0n) is 18.0. The predicted molar refractivity (Wildman–Crippen MR) is 123 cm³/mol. The van der Waals surface area contributed by atoms with Crippen molar-refractivity contribution in [2.45, 2.75) is 30.6 Å². The Kier molecular flexibility index (Phi) is 5.41. The van der Waals surface area contributed by atoms with Crippen molar-refractivity contribution in [3.05, 3.63) is 69.4 Å². The van der Waals surface area contributed by atoms with Gasteiger partial charge in [0.05, 0.1) is 15.4 Å². The van der Waals surface area contributed by atoms with E-state index in [9.17, 15) is 23.3 Å². The number of benzene rings is 2. The monoisotopic (exact) mass is 468 g/mol. The third-order valence-corrected chi connectivity index (χ3v) is 8.48. The lowest BCUT2D eigenvalue weighted by Crippen LogP contribution is -2.50. The zero-order valence-corrected chi connectivity index (χ0v) is 18.8. The summed E-state index contributed by atoms with van der Waals surface area (Å²) in [6, 6.07) is 9.77. The summed E-state index contributed by atoms with van der Waals surface area (Å²) >= 11 is 0. The molecule has 0 atom stereocenters. The number of sulfonamides is 1. The summed E-state index contributed by atoms with van der Waals surface area (Å²) in [5.74, 6) is -0.271. The van der Waals surface area contributed by atoms with Gasteiger partial charge in [-0.05, 0) is 55.0 Å². The number of carbonyl (C=O) groups excluding carboxylic acids is 1. The Hall–Kier alpha value is -3.24. The first-order chi connectivity index (χ1) is 15.8. The molecule has 10 heteroatoms. The summed E-state index contributed by atoms with van der Waals surface area (Å²) in [5, 5.41) is 11.6. The fourth-order valence-corrected chi connectivity index (χ4v) is 6.19. The molecule has 0 saturated carbocycles. The molecule has 1 saturated heterocycles. The van der Waals surface area contributed by atoms with E-state index in [1.807, 2.05) is 6.07 Å². The summed E-state index contributed by atoms with van der Waals surface area (Å²) in [5.41, 5.74) is 3.24. The number of nitrogens with zero attached hydrogens (tertiary/aromatic N) is 3. The van der Waals surface area contributed by atoms with E-state index in [-0.39, 0.29) is 37.8 Å². The number of nitrogens with one attached hydrogen (secondary N) is 1. The van der Waals surface area contributed by atoms with Crippen LogP contribution in [0.5, 0.6) is 0 Å². The number of non-ortho nitro benzene ring substituents is 1. The first-order valence-electron chi connectivity index (χ1n) is 11.0. The van der Waals surface area contributed by atoms with Crippen molar-refractivity contribution in [3.8, 4) is 0 Å². The van der Waals surface area contributed by atoms with Crippen LogP contribution in [-0.2, 0) is 22.9 Å². The van der Waals surface area contributed by atoms with Crippen LogP contribution in [0.1, 0.15) is 34.3 Å². The van der Waals surface area contributed by atoms with Gasteiger partial charge in [-0.15, -0.1) is 0 Å². The van der Waals surface area contributed by atoms with E-state index in [1.165, 1.54) is 22.0 Å². The number of rotatable bonds is 4. The van der Waals surface area contributed by atoms with Gasteiger partial charge in [-0.2, -0.15) is 4.31 Å². The van der Waals surface area contributed by atoms with Crippen molar-refractivity contribution in [1.82, 2.24) is 14.2 Å². The SMILES string of the molecule is O=C(c1c[nH]c2ccc([N+](=O)[O-])cc12)N1CCN(S(=O)(=O)c2ccc3c(c2)CCCC3)CC1. The Balaban J connectivity index is 1.32. The Labute approximate surface area is 191 Å². The topological polar surface area (TPSA) is 117 Å². The van der Waals surface area contributed by atoms with E-state index in [0.717, 1.165) is 31.2 Å². The van der Waals surface area contributed by atoms with E-state index in [4.69, 9.17) is 0 Å². The fraction of sp³-hybridized carbons (Fsp3) is 0.348. The van der Waals surface area contributed by atoms with E-state index in [1.54, 1.807) is 29.3 Å². The van der Waals surface area contributed by atoms with Crippen LogP contribution in [-0.4, -0.2) is 59.6 Å². The Bertz CT molecular complexity index is 1360. The van der Waals surface area contributed by atoms with Crippen LogP contribution in [0.15, 0.2) is 47.5 Å². The van der Waals surface area contributed by atoms with Crippen molar-refractivity contribution >= 4 is 32.5 Å². The highest BCUT2D eigenvalue weighted by atomic mass is 32.2. The molecule has 1 aromatic heterocycles. The second kappa shape index (κ2) is 8.27. The molecule has 1 fully saturated rings. The molecule has 2 aromatic carbocycles. The van der Waals surface area contributed by atoms with E-state index >= 15 is 0 Å². The number of aromatic nitrogens is 1. The maximum Gasteiger partial charge on any atom is 0.270 e. The smallest absolute Gasteiger partial charge is 0.270 e. The van der Waals surface area contributed by atoms with Gasteiger partial charge in [0.15, 0.2) is 0 Å². The van der Waals surface area contributed by atoms with Gasteiger partial charge in [0.2, 0.25) is 10.0 Å². The van der Waals surface area contributed by atoms with Gasteiger partial charge in [-0.1, -0.05) is 6.07 Å². The van der Waals surface area contributed by atoms with E-state index in [2.05, 4.69) is 4.98 Å². The molecule has 1 amide bonds. The molecule has 33 heavy (non-hydrogen) atoms. The van der Waals surface area contributed by atoms with Crippen molar-refractivity contribution in [3.63, 3.8) is 0 Å². The van der Waals surface area contributed by atoms with E-state index < -0.39 is 14.9 Å². The number of H-pyrrole nitrogens is 1. The molecule has 1 N–H and O–H groups in total. The third-order valence-electron chi connectivity index (χ3n) is 6.59. The third kappa shape index (κ3) is 3.89. The van der Waals surface area contributed by atoms with Crippen LogP contribution < -0.4 is 0 Å². The minimum Gasteiger partial charge on any atom is -0.360 e. The Morgan fingerprint density at radius 2 is 1.70 bits per heavy atom. The number of fused-ring (bicyclic) bond motifs is 2. The number of nitro benzene ring substituents is 1. The Morgan fingerprint density at radius 1 is 0.970 bits per heavy atom. The van der Waals surface area contributed by atoms with Gasteiger partial charge < -0.3 is 9.88 Å². The van der Waals surface area contributed by atoms with Crippen molar-refractivity contribution < 1.29 is 18.1 Å². The molecule has 0 radical (unpaired) electrons. The number of hydrogen-bond acceptors (Lipinski definition) is 5. The molecule has 0 unspecified atom stereocenters. The lowest BCUT2D eigenvalue weighted by molar-refractivity contribution is -0.384. The highest BCUT2D eigenvalue weighted by Crippen LogP contribution is 2.28. The normalized spacial score (nSPS) is 17.2. The van der Waals surface area contributed by atoms with Gasteiger partial charge in [0.25, 0.3) is 11.6 Å². The van der Waals surface area contributed by atoms with E-state index in [0.29, 0.717) is 21.4 Å². The molecule has 172 valence electrons. The quantitative estimate of drug-likeness (QED) is 0.466. The molecule has 2 heterocycles. The van der Waals surface area contributed by atoms with Crippen molar-refractivity contribution in [1.29, 1.82) is 0 Å². The van der Waals surface area contributed by atoms with Gasteiger partial charge >= 0.3 is 0 Å². The second-order valence-electron chi connectivity index (χ2n) is 8.52. The second-order valence-corrected chi connectivity index (χ2v) is 10.5. The number of carbonyl (C=O) groups is 1. The van der Waals surface area contributed by atoms with Crippen LogP contribution in [0.4, 0.5) is 5.69 Å². The minimum absolute atomic E-state index is 0.0860. The van der Waals surface area contributed by atoms with Gasteiger partial charge in [0, 0.05) is 55.4 Å². The zero-order chi connectivity index (χ0) is 23.2. The summed E-state index contributed by atoms with van der Waals surface area (Å²) in [4.78, 5) is 28.6. The number of hydrogen-bond donors (Lipinski definition) is 1. The fourth-order valence-electron chi connectivity index (χ4n) is 4.72. The number of piperazine rings is 1. The van der Waals surface area contributed by atoms with Crippen molar-refractivity contribution in [2.75, 3.05) is 26.2 Å². The molecule has 1 aliphatic heterocycles. The number of nitro groups is 1. The van der Waals surface area contributed by atoms with Gasteiger partial charge in [0.1, 0.15) is 0 Å². The number of amides is 1. The predicted octanol–water partition coefficient (Wildman–Crippen LogP) is 3.10.